The zero-order chi connectivity index (χ0) is 15.0. The highest BCUT2D eigenvalue weighted by atomic mass is 35.5. The summed E-state index contributed by atoms with van der Waals surface area (Å²) in [4.78, 5) is 11.2. The van der Waals surface area contributed by atoms with Crippen molar-refractivity contribution in [1.29, 1.82) is 0 Å². The number of nitrogens with zero attached hydrogens (tertiary/aromatic N) is 1. The van der Waals surface area contributed by atoms with Gasteiger partial charge in [0.15, 0.2) is 0 Å². The maximum Gasteiger partial charge on any atom is 0.336 e. The van der Waals surface area contributed by atoms with E-state index in [2.05, 4.69) is 0 Å². The van der Waals surface area contributed by atoms with Crippen LogP contribution in [0.1, 0.15) is 15.9 Å². The van der Waals surface area contributed by atoms with Crippen molar-refractivity contribution in [3.8, 4) is 0 Å². The Morgan fingerprint density at radius 3 is 2.76 bits per heavy atom. The van der Waals surface area contributed by atoms with E-state index in [-0.39, 0.29) is 10.6 Å². The van der Waals surface area contributed by atoms with Crippen molar-refractivity contribution in [3.05, 3.63) is 70.6 Å². The summed E-state index contributed by atoms with van der Waals surface area (Å²) in [5.74, 6) is -1.42. The van der Waals surface area contributed by atoms with Crippen molar-refractivity contribution in [2.45, 2.75) is 6.54 Å². The smallest absolute Gasteiger partial charge is 0.336 e. The second-order valence-electron chi connectivity index (χ2n) is 4.74. The van der Waals surface area contributed by atoms with Crippen molar-refractivity contribution in [3.63, 3.8) is 0 Å². The Labute approximate surface area is 125 Å². The molecule has 5 heteroatoms. The molecule has 0 saturated heterocycles. The van der Waals surface area contributed by atoms with Crippen molar-refractivity contribution in [1.82, 2.24) is 4.57 Å². The van der Waals surface area contributed by atoms with Gasteiger partial charge in [-0.3, -0.25) is 0 Å². The summed E-state index contributed by atoms with van der Waals surface area (Å²) in [5, 5.41) is 9.93. The van der Waals surface area contributed by atoms with Gasteiger partial charge in [-0.15, -0.1) is 0 Å². The number of fused-ring (bicyclic) bond motifs is 1. The highest BCUT2D eigenvalue weighted by molar-refractivity contribution is 6.30. The maximum absolute atomic E-state index is 13.5. The molecular weight excluding hydrogens is 293 g/mol. The monoisotopic (exact) mass is 303 g/mol. The van der Waals surface area contributed by atoms with Crippen molar-refractivity contribution >= 4 is 28.5 Å². The van der Waals surface area contributed by atoms with Gasteiger partial charge in [-0.2, -0.15) is 0 Å². The zero-order valence-corrected chi connectivity index (χ0v) is 11.6. The van der Waals surface area contributed by atoms with E-state index in [1.165, 1.54) is 12.1 Å². The number of carbonyl (C=O) groups is 1. The number of carboxylic acid groups (broad SMARTS) is 1. The largest absolute Gasteiger partial charge is 0.478 e. The Kier molecular flexibility index (Phi) is 3.39. The van der Waals surface area contributed by atoms with Crippen molar-refractivity contribution in [2.24, 2.45) is 0 Å². The molecule has 0 spiro atoms. The van der Waals surface area contributed by atoms with Gasteiger partial charge in [0.2, 0.25) is 0 Å². The van der Waals surface area contributed by atoms with Gasteiger partial charge in [0.25, 0.3) is 0 Å². The molecule has 21 heavy (non-hydrogen) atoms. The number of benzene rings is 2. The number of rotatable bonds is 3. The van der Waals surface area contributed by atoms with Crippen LogP contribution in [0.5, 0.6) is 0 Å². The normalized spacial score (nSPS) is 11.0. The zero-order valence-electron chi connectivity index (χ0n) is 10.9. The van der Waals surface area contributed by atoms with Crippen LogP contribution >= 0.6 is 11.6 Å². The lowest BCUT2D eigenvalue weighted by molar-refractivity contribution is 0.0699. The van der Waals surface area contributed by atoms with Gasteiger partial charge < -0.3 is 9.67 Å². The predicted molar refractivity (Wildman–Crippen MR) is 79.4 cm³/mol. The van der Waals surface area contributed by atoms with Gasteiger partial charge in [0, 0.05) is 23.6 Å². The SMILES string of the molecule is O=C(O)c1cccc2c1ccn2Cc1ccc(Cl)c(F)c1. The van der Waals surface area contributed by atoms with Gasteiger partial charge >= 0.3 is 5.97 Å². The Morgan fingerprint density at radius 1 is 1.24 bits per heavy atom. The van der Waals surface area contributed by atoms with E-state index in [1.807, 2.05) is 10.6 Å². The predicted octanol–water partition coefficient (Wildman–Crippen LogP) is 4.18. The average molecular weight is 304 g/mol. The maximum atomic E-state index is 13.5. The molecule has 1 aromatic heterocycles. The molecule has 3 nitrogen and oxygen atoms in total. The molecule has 0 bridgehead atoms. The topological polar surface area (TPSA) is 42.2 Å². The third-order valence-electron chi connectivity index (χ3n) is 3.38. The molecule has 1 N–H and O–H groups in total. The fourth-order valence-electron chi connectivity index (χ4n) is 2.38. The molecular formula is C16H11ClFNO2. The number of aromatic nitrogens is 1. The van der Waals surface area contributed by atoms with Crippen LogP contribution in [-0.2, 0) is 6.54 Å². The summed E-state index contributed by atoms with van der Waals surface area (Å²) >= 11 is 5.67. The highest BCUT2D eigenvalue weighted by Gasteiger charge is 2.11. The lowest BCUT2D eigenvalue weighted by Gasteiger charge is -2.07. The fourth-order valence-corrected chi connectivity index (χ4v) is 2.50. The fraction of sp³-hybridized carbons (Fsp3) is 0.0625. The number of halogens is 2. The summed E-state index contributed by atoms with van der Waals surface area (Å²) in [5.41, 5.74) is 1.81. The summed E-state index contributed by atoms with van der Waals surface area (Å²) in [6.07, 6.45) is 1.80. The molecule has 3 aromatic rings. The molecule has 0 unspecified atom stereocenters. The van der Waals surface area contributed by atoms with E-state index in [1.54, 1.807) is 30.5 Å². The van der Waals surface area contributed by atoms with Gasteiger partial charge in [-0.25, -0.2) is 9.18 Å². The van der Waals surface area contributed by atoms with Crippen molar-refractivity contribution < 1.29 is 14.3 Å². The Bertz CT molecular complexity index is 841. The molecule has 0 atom stereocenters. The van der Waals surface area contributed by atoms with Gasteiger partial charge in [0.1, 0.15) is 5.82 Å². The average Bonchev–Trinajstić information content (AvgIpc) is 2.86. The van der Waals surface area contributed by atoms with Gasteiger partial charge in [0.05, 0.1) is 10.6 Å². The molecule has 106 valence electrons. The molecule has 0 saturated carbocycles. The van der Waals surface area contributed by atoms with Crippen LogP contribution in [0, 0.1) is 5.82 Å². The first-order valence-electron chi connectivity index (χ1n) is 6.31. The van der Waals surface area contributed by atoms with Crippen LogP contribution in [0.4, 0.5) is 4.39 Å². The number of hydrogen-bond acceptors (Lipinski definition) is 1. The molecule has 0 aliphatic carbocycles. The van der Waals surface area contributed by atoms with E-state index in [0.29, 0.717) is 11.9 Å². The van der Waals surface area contributed by atoms with Crippen LogP contribution in [0.25, 0.3) is 10.9 Å². The van der Waals surface area contributed by atoms with E-state index in [0.717, 1.165) is 11.1 Å². The Hall–Kier alpha value is -2.33. The molecule has 0 amide bonds. The van der Waals surface area contributed by atoms with E-state index in [9.17, 15) is 14.3 Å². The van der Waals surface area contributed by atoms with E-state index < -0.39 is 11.8 Å². The summed E-state index contributed by atoms with van der Waals surface area (Å²) in [6.45, 7) is 0.445. The minimum atomic E-state index is -0.962. The molecule has 0 aliphatic rings. The van der Waals surface area contributed by atoms with E-state index >= 15 is 0 Å². The first-order valence-corrected chi connectivity index (χ1v) is 6.69. The third-order valence-corrected chi connectivity index (χ3v) is 3.69. The summed E-state index contributed by atoms with van der Waals surface area (Å²) in [6, 6.07) is 11.5. The van der Waals surface area contributed by atoms with Gasteiger partial charge in [-0.05, 0) is 35.9 Å². The molecule has 0 aliphatic heterocycles. The van der Waals surface area contributed by atoms with Crippen LogP contribution in [0.2, 0.25) is 5.02 Å². The standard InChI is InChI=1S/C16H11ClFNO2/c17-13-5-4-10(8-14(13)18)9-19-7-6-11-12(16(20)21)2-1-3-15(11)19/h1-8H,9H2,(H,20,21). The van der Waals surface area contributed by atoms with Crippen LogP contribution in [0.3, 0.4) is 0 Å². The molecule has 0 radical (unpaired) electrons. The Balaban J connectivity index is 2.03. The molecule has 0 fully saturated rings. The summed E-state index contributed by atoms with van der Waals surface area (Å²) in [7, 11) is 0. The van der Waals surface area contributed by atoms with Crippen molar-refractivity contribution in [2.75, 3.05) is 0 Å². The van der Waals surface area contributed by atoms with E-state index in [4.69, 9.17) is 11.6 Å². The number of aromatic carboxylic acids is 1. The minimum Gasteiger partial charge on any atom is -0.478 e. The lowest BCUT2D eigenvalue weighted by atomic mass is 10.1. The minimum absolute atomic E-state index is 0.0873. The lowest BCUT2D eigenvalue weighted by Crippen LogP contribution is -2.00. The Morgan fingerprint density at radius 2 is 2.05 bits per heavy atom. The van der Waals surface area contributed by atoms with Gasteiger partial charge in [-0.1, -0.05) is 23.7 Å². The number of hydrogen-bond donors (Lipinski definition) is 1. The number of carboxylic acids is 1. The molecule has 3 rings (SSSR count). The molecule has 1 heterocycles. The molecule has 2 aromatic carbocycles. The van der Waals surface area contributed by atoms with Crippen LogP contribution in [-0.4, -0.2) is 15.6 Å². The quantitative estimate of drug-likeness (QED) is 0.788. The third kappa shape index (κ3) is 2.50. The first kappa shape index (κ1) is 13.6. The first-order chi connectivity index (χ1) is 10.1. The highest BCUT2D eigenvalue weighted by Crippen LogP contribution is 2.22. The summed E-state index contributed by atoms with van der Waals surface area (Å²) < 4.78 is 15.4. The van der Waals surface area contributed by atoms with Crippen LogP contribution < -0.4 is 0 Å². The second-order valence-corrected chi connectivity index (χ2v) is 5.14. The van der Waals surface area contributed by atoms with Crippen LogP contribution in [0.15, 0.2) is 48.7 Å². The second kappa shape index (κ2) is 5.22.